The summed E-state index contributed by atoms with van der Waals surface area (Å²) in [6.07, 6.45) is 3.12. The summed E-state index contributed by atoms with van der Waals surface area (Å²) in [5, 5.41) is 9.48. The molecule has 6 nitrogen and oxygen atoms in total. The number of hydrogen-bond donors (Lipinski definition) is 0. The number of sulfonamides is 1. The molecule has 0 aliphatic heterocycles. The van der Waals surface area contributed by atoms with Crippen molar-refractivity contribution >= 4 is 15.7 Å². The van der Waals surface area contributed by atoms with E-state index in [-0.39, 0.29) is 6.54 Å². The van der Waals surface area contributed by atoms with Crippen LogP contribution in [0.4, 0.5) is 5.69 Å². The van der Waals surface area contributed by atoms with Crippen molar-refractivity contribution in [1.29, 1.82) is 5.26 Å². The molecule has 0 atom stereocenters. The first-order valence-electron chi connectivity index (χ1n) is 7.41. The van der Waals surface area contributed by atoms with E-state index in [4.69, 9.17) is 9.47 Å². The largest absolute Gasteiger partial charge is 0.354 e. The lowest BCUT2D eigenvalue weighted by atomic mass is 9.65. The number of methoxy groups -OCH3 is 2. The van der Waals surface area contributed by atoms with E-state index < -0.39 is 21.7 Å². The molecule has 1 saturated carbocycles. The van der Waals surface area contributed by atoms with Crippen molar-refractivity contribution < 1.29 is 17.9 Å². The summed E-state index contributed by atoms with van der Waals surface area (Å²) in [7, 11) is -0.576. The van der Waals surface area contributed by atoms with Crippen LogP contribution in [0.5, 0.6) is 0 Å². The topological polar surface area (TPSA) is 79.6 Å². The molecular formula is C16H22N2O4S. The predicted molar refractivity (Wildman–Crippen MR) is 87.6 cm³/mol. The second kappa shape index (κ2) is 6.87. The lowest BCUT2D eigenvalue weighted by Crippen LogP contribution is -2.39. The van der Waals surface area contributed by atoms with Gasteiger partial charge in [-0.2, -0.15) is 5.26 Å². The number of rotatable bonds is 7. The Morgan fingerprint density at radius 1 is 1.35 bits per heavy atom. The molecule has 126 valence electrons. The van der Waals surface area contributed by atoms with Crippen molar-refractivity contribution in [2.75, 3.05) is 31.3 Å². The minimum absolute atomic E-state index is 0.0504. The summed E-state index contributed by atoms with van der Waals surface area (Å²) < 4.78 is 35.8. The fourth-order valence-electron chi connectivity index (χ4n) is 2.77. The predicted octanol–water partition coefficient (Wildman–Crippen LogP) is 2.02. The molecule has 1 aromatic rings. The van der Waals surface area contributed by atoms with E-state index in [1.54, 1.807) is 18.2 Å². The molecule has 0 amide bonds. The minimum atomic E-state index is -3.50. The summed E-state index contributed by atoms with van der Waals surface area (Å²) in [6, 6.07) is 9.56. The molecule has 0 bridgehead atoms. The number of hydrogen-bond acceptors (Lipinski definition) is 5. The summed E-state index contributed by atoms with van der Waals surface area (Å²) in [5.41, 5.74) is 0.899. The molecule has 1 aromatic carbocycles. The Balaban J connectivity index is 2.38. The third kappa shape index (κ3) is 3.66. The smallest absolute Gasteiger partial charge is 0.232 e. The van der Waals surface area contributed by atoms with Gasteiger partial charge in [-0.25, -0.2) is 8.42 Å². The van der Waals surface area contributed by atoms with Gasteiger partial charge < -0.3 is 9.47 Å². The summed E-state index contributed by atoms with van der Waals surface area (Å²) in [5.74, 6) is 0. The van der Waals surface area contributed by atoms with E-state index in [1.165, 1.54) is 18.5 Å². The van der Waals surface area contributed by atoms with Gasteiger partial charge in [-0.05, 0) is 37.0 Å². The second-order valence-electron chi connectivity index (χ2n) is 5.79. The third-order valence-electron chi connectivity index (χ3n) is 4.35. The van der Waals surface area contributed by atoms with Crippen LogP contribution in [0.15, 0.2) is 24.3 Å². The summed E-state index contributed by atoms with van der Waals surface area (Å²) >= 11 is 0. The lowest BCUT2D eigenvalue weighted by Gasteiger charge is -2.36. The maximum absolute atomic E-state index is 12.2. The van der Waals surface area contributed by atoms with Crippen LogP contribution < -0.4 is 4.31 Å². The molecule has 0 N–H and O–H groups in total. The fraction of sp³-hybridized carbons (Fsp3) is 0.562. The molecule has 7 heteroatoms. The Morgan fingerprint density at radius 2 is 2.00 bits per heavy atom. The second-order valence-corrected chi connectivity index (χ2v) is 7.70. The third-order valence-corrected chi connectivity index (χ3v) is 5.51. The van der Waals surface area contributed by atoms with Gasteiger partial charge >= 0.3 is 0 Å². The van der Waals surface area contributed by atoms with Gasteiger partial charge in [-0.3, -0.25) is 4.31 Å². The van der Waals surface area contributed by atoms with E-state index in [0.29, 0.717) is 5.69 Å². The van der Waals surface area contributed by atoms with Crippen LogP contribution in [0, 0.1) is 11.3 Å². The molecule has 1 fully saturated rings. The number of anilines is 1. The van der Waals surface area contributed by atoms with Gasteiger partial charge in [0.25, 0.3) is 0 Å². The van der Waals surface area contributed by atoms with Gasteiger partial charge in [0.2, 0.25) is 10.0 Å². The Hall–Kier alpha value is -1.62. The summed E-state index contributed by atoms with van der Waals surface area (Å²) in [4.78, 5) is 0. The van der Waals surface area contributed by atoms with Crippen molar-refractivity contribution in [3.63, 3.8) is 0 Å². The first-order chi connectivity index (χ1) is 10.9. The van der Waals surface area contributed by atoms with Crippen molar-refractivity contribution in [3.05, 3.63) is 29.8 Å². The van der Waals surface area contributed by atoms with Crippen molar-refractivity contribution in [1.82, 2.24) is 0 Å². The zero-order valence-electron chi connectivity index (χ0n) is 13.7. The monoisotopic (exact) mass is 338 g/mol. The van der Waals surface area contributed by atoms with E-state index in [1.807, 2.05) is 6.07 Å². The molecule has 0 spiro atoms. The molecule has 0 heterocycles. The Kier molecular flexibility index (Phi) is 5.30. The van der Waals surface area contributed by atoms with E-state index >= 15 is 0 Å². The van der Waals surface area contributed by atoms with Gasteiger partial charge in [-0.15, -0.1) is 0 Å². The molecule has 0 unspecified atom stereocenters. The first kappa shape index (κ1) is 17.7. The molecule has 0 saturated heterocycles. The molecule has 1 aliphatic carbocycles. The average molecular weight is 338 g/mol. The molecule has 1 aliphatic rings. The zero-order valence-corrected chi connectivity index (χ0v) is 14.5. The van der Waals surface area contributed by atoms with Gasteiger partial charge in [0.15, 0.2) is 6.29 Å². The number of benzene rings is 1. The van der Waals surface area contributed by atoms with Crippen molar-refractivity contribution in [2.24, 2.45) is 0 Å². The van der Waals surface area contributed by atoms with Crippen LogP contribution in [0.1, 0.15) is 24.8 Å². The molecular weight excluding hydrogens is 316 g/mol. The van der Waals surface area contributed by atoms with Gasteiger partial charge in [0.1, 0.15) is 0 Å². The molecule has 0 radical (unpaired) electrons. The highest BCUT2D eigenvalue weighted by Gasteiger charge is 2.39. The van der Waals surface area contributed by atoms with Crippen LogP contribution >= 0.6 is 0 Å². The number of nitrogens with zero attached hydrogens (tertiary/aromatic N) is 2. The Labute approximate surface area is 137 Å². The molecule has 0 aromatic heterocycles. The quantitative estimate of drug-likeness (QED) is 0.711. The standard InChI is InChI=1S/C16H22N2O4S/c1-21-15(22-2)11-18(23(3,19)20)14-7-4-6-13(10-14)16(12-17)8-5-9-16/h4,6-7,10,15H,5,8-9,11H2,1-3H3. The molecule has 2 rings (SSSR count). The maximum Gasteiger partial charge on any atom is 0.232 e. The minimum Gasteiger partial charge on any atom is -0.354 e. The number of ether oxygens (including phenoxy) is 2. The van der Waals surface area contributed by atoms with Crippen LogP contribution in [0.2, 0.25) is 0 Å². The van der Waals surface area contributed by atoms with E-state index in [9.17, 15) is 13.7 Å². The van der Waals surface area contributed by atoms with Crippen LogP contribution in [-0.4, -0.2) is 41.7 Å². The van der Waals surface area contributed by atoms with Gasteiger partial charge in [-0.1, -0.05) is 12.1 Å². The van der Waals surface area contributed by atoms with Gasteiger partial charge in [0, 0.05) is 14.2 Å². The van der Waals surface area contributed by atoms with Crippen LogP contribution in [0.25, 0.3) is 0 Å². The maximum atomic E-state index is 12.2. The van der Waals surface area contributed by atoms with Crippen molar-refractivity contribution in [3.8, 4) is 6.07 Å². The molecule has 23 heavy (non-hydrogen) atoms. The Bertz CT molecular complexity index is 688. The van der Waals surface area contributed by atoms with Crippen LogP contribution in [-0.2, 0) is 24.9 Å². The average Bonchev–Trinajstić information content (AvgIpc) is 2.47. The van der Waals surface area contributed by atoms with Gasteiger partial charge in [0.05, 0.1) is 30.0 Å². The lowest BCUT2D eigenvalue weighted by molar-refractivity contribution is -0.0932. The first-order valence-corrected chi connectivity index (χ1v) is 9.26. The highest BCUT2D eigenvalue weighted by atomic mass is 32.2. The van der Waals surface area contributed by atoms with Crippen LogP contribution in [0.3, 0.4) is 0 Å². The highest BCUT2D eigenvalue weighted by molar-refractivity contribution is 7.92. The Morgan fingerprint density at radius 3 is 2.43 bits per heavy atom. The zero-order chi connectivity index (χ0) is 17.1. The number of nitriles is 1. The van der Waals surface area contributed by atoms with E-state index in [0.717, 1.165) is 31.1 Å². The highest BCUT2D eigenvalue weighted by Crippen LogP contribution is 2.44. The van der Waals surface area contributed by atoms with Crippen molar-refractivity contribution in [2.45, 2.75) is 31.0 Å². The van der Waals surface area contributed by atoms with E-state index in [2.05, 4.69) is 6.07 Å². The summed E-state index contributed by atoms with van der Waals surface area (Å²) in [6.45, 7) is 0.0504. The SMILES string of the molecule is COC(CN(c1cccc(C2(C#N)CCC2)c1)S(C)(=O)=O)OC. The normalized spacial score (nSPS) is 16.7. The fourth-order valence-corrected chi connectivity index (χ4v) is 3.66.